The standard InChI is InChI=1S/C23H37NO4/c1-22(2,3)20-16-23(20,24-21(25)26)15-19-13-17(8-6-10-27-4)12-18(14-19)9-7-11-28-5/h12-14,20,24H,6-11,15-16H2,1-5H3,(H,25,26). The third kappa shape index (κ3) is 6.49. The van der Waals surface area contributed by atoms with Crippen LogP contribution in [0.15, 0.2) is 18.2 Å². The van der Waals surface area contributed by atoms with Crippen LogP contribution in [0.5, 0.6) is 0 Å². The lowest BCUT2D eigenvalue weighted by molar-refractivity contribution is 0.182. The van der Waals surface area contributed by atoms with E-state index < -0.39 is 6.09 Å². The summed E-state index contributed by atoms with van der Waals surface area (Å²) < 4.78 is 10.4. The molecule has 1 aromatic carbocycles. The molecule has 1 fully saturated rings. The van der Waals surface area contributed by atoms with Crippen molar-refractivity contribution in [1.82, 2.24) is 5.32 Å². The Morgan fingerprint density at radius 1 is 1.07 bits per heavy atom. The number of nitrogens with one attached hydrogen (secondary N) is 1. The minimum absolute atomic E-state index is 0.0832. The summed E-state index contributed by atoms with van der Waals surface area (Å²) in [6, 6.07) is 6.78. The van der Waals surface area contributed by atoms with E-state index in [0.29, 0.717) is 5.92 Å². The fourth-order valence-electron chi connectivity index (χ4n) is 4.47. The Morgan fingerprint density at radius 3 is 1.96 bits per heavy atom. The fourth-order valence-corrected chi connectivity index (χ4v) is 4.47. The Balaban J connectivity index is 2.21. The van der Waals surface area contributed by atoms with Crippen molar-refractivity contribution in [2.24, 2.45) is 11.3 Å². The molecule has 0 spiro atoms. The zero-order valence-electron chi connectivity index (χ0n) is 18.1. The van der Waals surface area contributed by atoms with Crippen LogP contribution in [0.1, 0.15) is 56.7 Å². The predicted molar refractivity (Wildman–Crippen MR) is 112 cm³/mol. The van der Waals surface area contributed by atoms with E-state index >= 15 is 0 Å². The highest BCUT2D eigenvalue weighted by Gasteiger charge is 2.59. The van der Waals surface area contributed by atoms with Crippen LogP contribution < -0.4 is 5.32 Å². The lowest BCUT2D eigenvalue weighted by atomic mass is 9.85. The Kier molecular flexibility index (Phi) is 7.90. The average Bonchev–Trinajstić information content (AvgIpc) is 3.28. The maximum atomic E-state index is 11.5. The Labute approximate surface area is 169 Å². The molecule has 1 aromatic rings. The van der Waals surface area contributed by atoms with Crippen LogP contribution in [0.2, 0.25) is 0 Å². The van der Waals surface area contributed by atoms with Gasteiger partial charge in [0.1, 0.15) is 0 Å². The van der Waals surface area contributed by atoms with Crippen LogP contribution >= 0.6 is 0 Å². The van der Waals surface area contributed by atoms with Crippen molar-refractivity contribution in [2.75, 3.05) is 27.4 Å². The molecule has 0 aromatic heterocycles. The normalized spacial score (nSPS) is 21.5. The molecule has 158 valence electrons. The van der Waals surface area contributed by atoms with Gasteiger partial charge in [-0.1, -0.05) is 39.0 Å². The summed E-state index contributed by atoms with van der Waals surface area (Å²) in [5.41, 5.74) is 3.57. The van der Waals surface area contributed by atoms with Gasteiger partial charge < -0.3 is 19.9 Å². The highest BCUT2D eigenvalue weighted by molar-refractivity contribution is 5.67. The van der Waals surface area contributed by atoms with E-state index in [1.165, 1.54) is 16.7 Å². The number of ether oxygens (including phenoxy) is 2. The first kappa shape index (κ1) is 22.7. The highest BCUT2D eigenvalue weighted by Crippen LogP contribution is 2.55. The molecule has 2 atom stereocenters. The molecule has 0 heterocycles. The first-order chi connectivity index (χ1) is 13.2. The second kappa shape index (κ2) is 9.75. The maximum absolute atomic E-state index is 11.5. The van der Waals surface area contributed by atoms with Gasteiger partial charge in [-0.25, -0.2) is 4.79 Å². The molecule has 1 aliphatic carbocycles. The van der Waals surface area contributed by atoms with Crippen LogP contribution in [-0.4, -0.2) is 44.2 Å². The molecule has 0 bridgehead atoms. The van der Waals surface area contributed by atoms with Gasteiger partial charge in [0.05, 0.1) is 5.54 Å². The van der Waals surface area contributed by atoms with Gasteiger partial charge in [-0.15, -0.1) is 0 Å². The zero-order chi connectivity index (χ0) is 20.8. The quantitative estimate of drug-likeness (QED) is 0.547. The van der Waals surface area contributed by atoms with E-state index in [4.69, 9.17) is 9.47 Å². The first-order valence-electron chi connectivity index (χ1n) is 10.3. The van der Waals surface area contributed by atoms with Gasteiger partial charge in [-0.3, -0.25) is 0 Å². The van der Waals surface area contributed by atoms with Crippen LogP contribution in [0.3, 0.4) is 0 Å². The van der Waals surface area contributed by atoms with Gasteiger partial charge in [-0.05, 0) is 66.5 Å². The monoisotopic (exact) mass is 391 g/mol. The molecule has 0 aliphatic heterocycles. The SMILES string of the molecule is COCCCc1cc(CCCOC)cc(CC2(NC(=O)O)CC2C(C)(C)C)c1. The Morgan fingerprint density at radius 2 is 1.57 bits per heavy atom. The van der Waals surface area contributed by atoms with Crippen molar-refractivity contribution in [3.63, 3.8) is 0 Å². The molecule has 5 heteroatoms. The van der Waals surface area contributed by atoms with Gasteiger partial charge in [-0.2, -0.15) is 0 Å². The van der Waals surface area contributed by atoms with Crippen LogP contribution in [0, 0.1) is 11.3 Å². The van der Waals surface area contributed by atoms with Crippen molar-refractivity contribution in [3.05, 3.63) is 34.9 Å². The third-order valence-electron chi connectivity index (χ3n) is 5.74. The van der Waals surface area contributed by atoms with E-state index in [1.807, 2.05) is 0 Å². The van der Waals surface area contributed by atoms with Crippen LogP contribution in [0.25, 0.3) is 0 Å². The number of aryl methyl sites for hydroxylation is 2. The maximum Gasteiger partial charge on any atom is 0.405 e. The van der Waals surface area contributed by atoms with Gasteiger partial charge in [0.25, 0.3) is 0 Å². The molecule has 5 nitrogen and oxygen atoms in total. The number of hydrogen-bond donors (Lipinski definition) is 2. The van der Waals surface area contributed by atoms with E-state index in [9.17, 15) is 9.90 Å². The Hall–Kier alpha value is -1.59. The third-order valence-corrected chi connectivity index (χ3v) is 5.74. The number of benzene rings is 1. The molecule has 1 saturated carbocycles. The number of amides is 1. The minimum Gasteiger partial charge on any atom is -0.465 e. The van der Waals surface area contributed by atoms with E-state index in [1.54, 1.807) is 14.2 Å². The second-order valence-corrected chi connectivity index (χ2v) is 9.24. The molecule has 0 saturated heterocycles. The van der Waals surface area contributed by atoms with Gasteiger partial charge in [0.15, 0.2) is 0 Å². The molecule has 2 rings (SSSR count). The molecule has 1 aliphatic rings. The predicted octanol–water partition coefficient (Wildman–Crippen LogP) is 4.46. The molecular formula is C23H37NO4. The fraction of sp³-hybridized carbons (Fsp3) is 0.696. The van der Waals surface area contributed by atoms with Crippen molar-refractivity contribution in [1.29, 1.82) is 0 Å². The van der Waals surface area contributed by atoms with E-state index in [2.05, 4.69) is 44.3 Å². The summed E-state index contributed by atoms with van der Waals surface area (Å²) in [5, 5.41) is 12.3. The molecule has 2 N–H and O–H groups in total. The second-order valence-electron chi connectivity index (χ2n) is 9.24. The number of carbonyl (C=O) groups is 1. The van der Waals surface area contributed by atoms with Crippen LogP contribution in [0.4, 0.5) is 4.79 Å². The number of methoxy groups -OCH3 is 2. The summed E-state index contributed by atoms with van der Waals surface area (Å²) in [7, 11) is 3.46. The lowest BCUT2D eigenvalue weighted by Gasteiger charge is -2.25. The van der Waals surface area contributed by atoms with Crippen LogP contribution in [-0.2, 0) is 28.7 Å². The highest BCUT2D eigenvalue weighted by atomic mass is 16.5. The summed E-state index contributed by atoms with van der Waals surface area (Å²) in [6.45, 7) is 8.08. The first-order valence-corrected chi connectivity index (χ1v) is 10.3. The summed E-state index contributed by atoms with van der Waals surface area (Å²) in [4.78, 5) is 11.5. The molecule has 28 heavy (non-hydrogen) atoms. The molecule has 1 amide bonds. The van der Waals surface area contributed by atoms with Gasteiger partial charge >= 0.3 is 6.09 Å². The van der Waals surface area contributed by atoms with E-state index in [0.717, 1.165) is 51.7 Å². The molecular weight excluding hydrogens is 354 g/mol. The summed E-state index contributed by atoms with van der Waals surface area (Å²) >= 11 is 0. The minimum atomic E-state index is -0.927. The molecule has 0 radical (unpaired) electrons. The van der Waals surface area contributed by atoms with E-state index in [-0.39, 0.29) is 11.0 Å². The summed E-state index contributed by atoms with van der Waals surface area (Å²) in [6.07, 6.45) is 4.64. The zero-order valence-corrected chi connectivity index (χ0v) is 18.1. The average molecular weight is 392 g/mol. The number of hydrogen-bond acceptors (Lipinski definition) is 3. The summed E-state index contributed by atoms with van der Waals surface area (Å²) in [5.74, 6) is 0.352. The van der Waals surface area contributed by atoms with Gasteiger partial charge in [0, 0.05) is 27.4 Å². The number of rotatable bonds is 11. The number of carboxylic acid groups (broad SMARTS) is 1. The topological polar surface area (TPSA) is 67.8 Å². The van der Waals surface area contributed by atoms with Gasteiger partial charge in [0.2, 0.25) is 0 Å². The largest absolute Gasteiger partial charge is 0.465 e. The molecule has 2 unspecified atom stereocenters. The van der Waals surface area contributed by atoms with Crippen molar-refractivity contribution >= 4 is 6.09 Å². The van der Waals surface area contributed by atoms with Crippen molar-refractivity contribution in [2.45, 2.75) is 64.8 Å². The van der Waals surface area contributed by atoms with Crippen molar-refractivity contribution in [3.8, 4) is 0 Å². The smallest absolute Gasteiger partial charge is 0.405 e. The van der Waals surface area contributed by atoms with Crippen molar-refractivity contribution < 1.29 is 19.4 Å². The Bertz CT molecular complexity index is 624. The lowest BCUT2D eigenvalue weighted by Crippen LogP contribution is -2.41.